The van der Waals surface area contributed by atoms with Gasteiger partial charge in [0.2, 0.25) is 5.89 Å². The lowest BCUT2D eigenvalue weighted by molar-refractivity contribution is 0.200. The van der Waals surface area contributed by atoms with Gasteiger partial charge in [-0.2, -0.15) is 4.98 Å². The van der Waals surface area contributed by atoms with E-state index in [0.717, 1.165) is 18.1 Å². The number of hydrogen-bond donors (Lipinski definition) is 0. The molecule has 1 unspecified atom stereocenters. The Balaban J connectivity index is 1.66. The minimum atomic E-state index is 0.0991. The molecule has 2 heterocycles. The van der Waals surface area contributed by atoms with Crippen molar-refractivity contribution in [3.63, 3.8) is 0 Å². The van der Waals surface area contributed by atoms with E-state index in [1.54, 1.807) is 0 Å². The maximum Gasteiger partial charge on any atom is 0.243 e. The van der Waals surface area contributed by atoms with Crippen molar-refractivity contribution >= 4 is 0 Å². The first-order valence-electron chi connectivity index (χ1n) is 6.67. The normalized spacial score (nSPS) is 16.8. The molecule has 1 saturated carbocycles. The Hall–Kier alpha value is -1.75. The van der Waals surface area contributed by atoms with E-state index in [2.05, 4.69) is 26.9 Å². The Kier molecular flexibility index (Phi) is 3.29. The standard InChI is InChI=1S/C14H18N4O/c1-10(14-16-13(17-19-14)11-6-7-11)18(2)9-12-5-3-4-8-15-12/h3-5,8,10-11H,6-7,9H2,1-2H3. The van der Waals surface area contributed by atoms with E-state index in [-0.39, 0.29) is 6.04 Å². The van der Waals surface area contributed by atoms with Gasteiger partial charge in [-0.1, -0.05) is 11.2 Å². The van der Waals surface area contributed by atoms with Crippen molar-refractivity contribution in [3.8, 4) is 0 Å². The quantitative estimate of drug-likeness (QED) is 0.825. The lowest BCUT2D eigenvalue weighted by Gasteiger charge is -2.20. The van der Waals surface area contributed by atoms with E-state index in [4.69, 9.17) is 4.52 Å². The molecule has 2 aromatic rings. The maximum atomic E-state index is 5.36. The van der Waals surface area contributed by atoms with Gasteiger partial charge in [-0.25, -0.2) is 0 Å². The predicted octanol–water partition coefficient (Wildman–Crippen LogP) is 2.54. The first-order chi connectivity index (χ1) is 9.24. The van der Waals surface area contributed by atoms with Gasteiger partial charge < -0.3 is 4.52 Å². The summed E-state index contributed by atoms with van der Waals surface area (Å²) < 4.78 is 5.36. The van der Waals surface area contributed by atoms with Gasteiger partial charge in [0.25, 0.3) is 0 Å². The molecule has 2 aromatic heterocycles. The topological polar surface area (TPSA) is 55.1 Å². The van der Waals surface area contributed by atoms with Crippen LogP contribution in [0.25, 0.3) is 0 Å². The van der Waals surface area contributed by atoms with Gasteiger partial charge in [-0.15, -0.1) is 0 Å². The van der Waals surface area contributed by atoms with Gasteiger partial charge in [-0.3, -0.25) is 9.88 Å². The number of nitrogens with zero attached hydrogens (tertiary/aromatic N) is 4. The van der Waals surface area contributed by atoms with Crippen molar-refractivity contribution in [2.75, 3.05) is 7.05 Å². The molecule has 3 rings (SSSR count). The lowest BCUT2D eigenvalue weighted by Crippen LogP contribution is -2.22. The molecule has 5 nitrogen and oxygen atoms in total. The molecule has 1 atom stereocenters. The van der Waals surface area contributed by atoms with Crippen molar-refractivity contribution in [3.05, 3.63) is 41.8 Å². The Morgan fingerprint density at radius 1 is 1.42 bits per heavy atom. The number of aromatic nitrogens is 3. The minimum absolute atomic E-state index is 0.0991. The molecule has 0 spiro atoms. The Labute approximate surface area is 112 Å². The monoisotopic (exact) mass is 258 g/mol. The third-order valence-corrected chi connectivity index (χ3v) is 3.56. The van der Waals surface area contributed by atoms with Gasteiger partial charge in [-0.05, 0) is 38.9 Å². The van der Waals surface area contributed by atoms with Crippen LogP contribution in [-0.4, -0.2) is 27.1 Å². The van der Waals surface area contributed by atoms with E-state index < -0.39 is 0 Å². The van der Waals surface area contributed by atoms with Gasteiger partial charge in [0.15, 0.2) is 5.82 Å². The molecular formula is C14H18N4O. The van der Waals surface area contributed by atoms with Crippen LogP contribution in [0.15, 0.2) is 28.9 Å². The van der Waals surface area contributed by atoms with Gasteiger partial charge in [0.1, 0.15) is 0 Å². The van der Waals surface area contributed by atoms with E-state index in [0.29, 0.717) is 11.8 Å². The van der Waals surface area contributed by atoms with E-state index in [1.807, 2.05) is 31.4 Å². The molecule has 1 aliphatic carbocycles. The highest BCUT2D eigenvalue weighted by Crippen LogP contribution is 2.38. The van der Waals surface area contributed by atoms with Crippen LogP contribution in [0.1, 0.15) is 49.1 Å². The van der Waals surface area contributed by atoms with Crippen LogP contribution in [-0.2, 0) is 6.54 Å². The molecule has 0 bridgehead atoms. The molecule has 0 N–H and O–H groups in total. The molecule has 0 radical (unpaired) electrons. The summed E-state index contributed by atoms with van der Waals surface area (Å²) in [6.45, 7) is 2.84. The van der Waals surface area contributed by atoms with Gasteiger partial charge in [0, 0.05) is 18.7 Å². The highest BCUT2D eigenvalue weighted by atomic mass is 16.5. The summed E-state index contributed by atoms with van der Waals surface area (Å²) in [5.41, 5.74) is 1.04. The molecule has 0 aliphatic heterocycles. The number of hydrogen-bond acceptors (Lipinski definition) is 5. The zero-order valence-electron chi connectivity index (χ0n) is 11.3. The Bertz CT molecular complexity index is 535. The molecule has 0 aromatic carbocycles. The maximum absolute atomic E-state index is 5.36. The van der Waals surface area contributed by atoms with Gasteiger partial charge in [0.05, 0.1) is 11.7 Å². The van der Waals surface area contributed by atoms with Crippen LogP contribution in [0.4, 0.5) is 0 Å². The Morgan fingerprint density at radius 3 is 2.95 bits per heavy atom. The first-order valence-corrected chi connectivity index (χ1v) is 6.67. The molecule has 5 heteroatoms. The second kappa shape index (κ2) is 5.09. The van der Waals surface area contributed by atoms with E-state index in [1.165, 1.54) is 12.8 Å². The van der Waals surface area contributed by atoms with Crippen molar-refractivity contribution in [1.82, 2.24) is 20.0 Å². The van der Waals surface area contributed by atoms with Crippen molar-refractivity contribution in [1.29, 1.82) is 0 Å². The molecule has 0 amide bonds. The molecule has 0 saturated heterocycles. The SMILES string of the molecule is CC(c1nc(C2CC2)no1)N(C)Cc1ccccn1. The molecule has 100 valence electrons. The summed E-state index contributed by atoms with van der Waals surface area (Å²) in [5.74, 6) is 2.10. The minimum Gasteiger partial charge on any atom is -0.338 e. The average molecular weight is 258 g/mol. The molecule has 19 heavy (non-hydrogen) atoms. The van der Waals surface area contributed by atoms with Gasteiger partial charge >= 0.3 is 0 Å². The number of rotatable bonds is 5. The Morgan fingerprint density at radius 2 is 2.26 bits per heavy atom. The van der Waals surface area contributed by atoms with Crippen LogP contribution >= 0.6 is 0 Å². The third kappa shape index (κ3) is 2.81. The molecule has 1 aliphatic rings. The summed E-state index contributed by atoms with van der Waals surface area (Å²) >= 11 is 0. The summed E-state index contributed by atoms with van der Waals surface area (Å²) in [6, 6.07) is 6.04. The van der Waals surface area contributed by atoms with Crippen LogP contribution in [0.3, 0.4) is 0 Å². The van der Waals surface area contributed by atoms with Crippen LogP contribution in [0.5, 0.6) is 0 Å². The third-order valence-electron chi connectivity index (χ3n) is 3.56. The van der Waals surface area contributed by atoms with E-state index in [9.17, 15) is 0 Å². The largest absolute Gasteiger partial charge is 0.338 e. The molecular weight excluding hydrogens is 240 g/mol. The zero-order valence-corrected chi connectivity index (χ0v) is 11.3. The highest BCUT2D eigenvalue weighted by Gasteiger charge is 2.30. The van der Waals surface area contributed by atoms with Crippen LogP contribution in [0, 0.1) is 0 Å². The second-order valence-electron chi connectivity index (χ2n) is 5.18. The smallest absolute Gasteiger partial charge is 0.243 e. The summed E-state index contributed by atoms with van der Waals surface area (Å²) in [7, 11) is 2.04. The summed E-state index contributed by atoms with van der Waals surface area (Å²) in [5, 5.41) is 4.06. The van der Waals surface area contributed by atoms with Crippen LogP contribution < -0.4 is 0 Å². The predicted molar refractivity (Wildman–Crippen MR) is 70.4 cm³/mol. The van der Waals surface area contributed by atoms with Crippen molar-refractivity contribution in [2.24, 2.45) is 0 Å². The molecule has 1 fully saturated rings. The van der Waals surface area contributed by atoms with Crippen LogP contribution in [0.2, 0.25) is 0 Å². The summed E-state index contributed by atoms with van der Waals surface area (Å²) in [6.07, 6.45) is 4.19. The highest BCUT2D eigenvalue weighted by molar-refractivity contribution is 5.06. The first kappa shape index (κ1) is 12.3. The summed E-state index contributed by atoms with van der Waals surface area (Å²) in [4.78, 5) is 11.0. The fourth-order valence-electron chi connectivity index (χ4n) is 2.00. The second-order valence-corrected chi connectivity index (χ2v) is 5.18. The lowest BCUT2D eigenvalue weighted by atomic mass is 10.2. The fourth-order valence-corrected chi connectivity index (χ4v) is 2.00. The van der Waals surface area contributed by atoms with E-state index >= 15 is 0 Å². The van der Waals surface area contributed by atoms with Crippen molar-refractivity contribution < 1.29 is 4.52 Å². The van der Waals surface area contributed by atoms with Crippen molar-refractivity contribution in [2.45, 2.75) is 38.3 Å². The fraction of sp³-hybridized carbons (Fsp3) is 0.500. The zero-order chi connectivity index (χ0) is 13.2. The average Bonchev–Trinajstić information content (AvgIpc) is 3.17. The number of pyridine rings is 1.